The fourth-order valence-electron chi connectivity index (χ4n) is 3.25. The summed E-state index contributed by atoms with van der Waals surface area (Å²) in [4.78, 5) is 13.5. The van der Waals surface area contributed by atoms with Crippen LogP contribution in [0.15, 0.2) is 72.8 Å². The summed E-state index contributed by atoms with van der Waals surface area (Å²) in [6.07, 6.45) is 0. The molecule has 0 aliphatic carbocycles. The van der Waals surface area contributed by atoms with Crippen LogP contribution < -0.4 is 0 Å². The Kier molecular flexibility index (Phi) is 6.22. The molecule has 0 N–H and O–H groups in total. The molecular weight excluding hydrogens is 359 g/mol. The Hall–Kier alpha value is -2.26. The van der Waals surface area contributed by atoms with E-state index in [1.807, 2.05) is 48.5 Å². The van der Waals surface area contributed by atoms with E-state index in [4.69, 9.17) is 9.05 Å². The molecule has 3 rings (SSSR count). The van der Waals surface area contributed by atoms with Gasteiger partial charge < -0.3 is 9.05 Å². The summed E-state index contributed by atoms with van der Waals surface area (Å²) in [6.45, 7) is 3.89. The van der Waals surface area contributed by atoms with E-state index in [0.29, 0.717) is 11.1 Å². The Morgan fingerprint density at radius 1 is 0.852 bits per heavy atom. The number of carbonyl (C=O) groups excluding carboxylic acids is 1. The second kappa shape index (κ2) is 8.62. The first kappa shape index (κ1) is 19.5. The number of Topliss-reactive ketones (excluding diaryl/α,β-unsaturated/α-hetero) is 1. The molecule has 0 saturated heterocycles. The predicted octanol–water partition coefficient (Wildman–Crippen LogP) is 6.03. The first-order chi connectivity index (χ1) is 13.1. The average Bonchev–Trinajstić information content (AvgIpc) is 2.69. The minimum atomic E-state index is -3.73. The zero-order chi connectivity index (χ0) is 19.3. The third-order valence-corrected chi connectivity index (χ3v) is 6.74. The van der Waals surface area contributed by atoms with Crippen molar-refractivity contribution in [2.45, 2.75) is 19.5 Å². The second-order valence-electron chi connectivity index (χ2n) is 6.08. The summed E-state index contributed by atoms with van der Waals surface area (Å²) in [6, 6.07) is 22.3. The van der Waals surface area contributed by atoms with Crippen molar-refractivity contribution in [3.8, 4) is 0 Å². The Labute approximate surface area is 159 Å². The highest BCUT2D eigenvalue weighted by molar-refractivity contribution is 7.55. The minimum absolute atomic E-state index is 0.195. The average molecular weight is 382 g/mol. The fraction of sp³-hybridized carbons (Fsp3) is 0.227. The molecule has 1 atom stereocenters. The summed E-state index contributed by atoms with van der Waals surface area (Å²) in [5.41, 5.74) is 0.119. The molecule has 0 saturated carbocycles. The summed E-state index contributed by atoms with van der Waals surface area (Å²) in [5, 5.41) is 1.84. The maximum absolute atomic E-state index is 13.7. The molecule has 0 aliphatic heterocycles. The number of rotatable bonds is 8. The molecule has 0 amide bonds. The lowest BCUT2D eigenvalue weighted by Gasteiger charge is -2.26. The van der Waals surface area contributed by atoms with Gasteiger partial charge in [0.15, 0.2) is 5.78 Å². The lowest BCUT2D eigenvalue weighted by molar-refractivity contribution is 0.0967. The van der Waals surface area contributed by atoms with E-state index < -0.39 is 13.3 Å². The third kappa shape index (κ3) is 4.03. The van der Waals surface area contributed by atoms with E-state index in [1.54, 1.807) is 38.1 Å². The van der Waals surface area contributed by atoms with Gasteiger partial charge in [0.25, 0.3) is 0 Å². The molecule has 0 bridgehead atoms. The number of ketones is 1. The van der Waals surface area contributed by atoms with E-state index in [-0.39, 0.29) is 19.0 Å². The van der Waals surface area contributed by atoms with Crippen molar-refractivity contribution in [2.75, 3.05) is 13.2 Å². The molecule has 27 heavy (non-hydrogen) atoms. The lowest BCUT2D eigenvalue weighted by atomic mass is 9.97. The number of benzene rings is 3. The van der Waals surface area contributed by atoms with Gasteiger partial charge in [-0.2, -0.15) is 0 Å². The summed E-state index contributed by atoms with van der Waals surface area (Å²) >= 11 is 0. The summed E-state index contributed by atoms with van der Waals surface area (Å²) in [7, 11) is -3.73. The fourth-order valence-corrected chi connectivity index (χ4v) is 5.35. The Bertz CT molecular complexity index is 953. The number of carbonyl (C=O) groups is 1. The molecular formula is C22H23O4P. The lowest BCUT2D eigenvalue weighted by Crippen LogP contribution is -2.17. The minimum Gasteiger partial charge on any atom is -0.308 e. The summed E-state index contributed by atoms with van der Waals surface area (Å²) in [5.74, 6) is -0.266. The second-order valence-corrected chi connectivity index (χ2v) is 8.19. The molecule has 0 spiro atoms. The normalized spacial score (nSPS) is 12.8. The van der Waals surface area contributed by atoms with Crippen LogP contribution in [0.4, 0.5) is 0 Å². The van der Waals surface area contributed by atoms with Crippen molar-refractivity contribution in [3.05, 3.63) is 83.9 Å². The molecule has 1 unspecified atom stereocenters. The van der Waals surface area contributed by atoms with Crippen molar-refractivity contribution in [3.63, 3.8) is 0 Å². The van der Waals surface area contributed by atoms with Gasteiger partial charge in [0, 0.05) is 5.56 Å². The maximum atomic E-state index is 13.7. The van der Waals surface area contributed by atoms with Gasteiger partial charge in [-0.1, -0.05) is 72.8 Å². The van der Waals surface area contributed by atoms with Crippen LogP contribution in [-0.4, -0.2) is 19.0 Å². The Balaban J connectivity index is 2.23. The molecule has 0 radical (unpaired) electrons. The van der Waals surface area contributed by atoms with Gasteiger partial charge in [0.1, 0.15) is 5.66 Å². The van der Waals surface area contributed by atoms with Crippen LogP contribution in [0, 0.1) is 0 Å². The highest BCUT2D eigenvalue weighted by atomic mass is 31.2. The number of hydrogen-bond donors (Lipinski definition) is 0. The van der Waals surface area contributed by atoms with Gasteiger partial charge in [-0.15, -0.1) is 0 Å². The molecule has 4 nitrogen and oxygen atoms in total. The van der Waals surface area contributed by atoms with Gasteiger partial charge >= 0.3 is 7.60 Å². The molecule has 3 aromatic rings. The van der Waals surface area contributed by atoms with E-state index in [0.717, 1.165) is 10.8 Å². The predicted molar refractivity (Wildman–Crippen MR) is 108 cm³/mol. The smallest absolute Gasteiger partial charge is 0.308 e. The van der Waals surface area contributed by atoms with Crippen molar-refractivity contribution in [2.24, 2.45) is 0 Å². The first-order valence-corrected chi connectivity index (χ1v) is 10.7. The van der Waals surface area contributed by atoms with E-state index in [9.17, 15) is 9.36 Å². The topological polar surface area (TPSA) is 52.6 Å². The van der Waals surface area contributed by atoms with Crippen molar-refractivity contribution < 1.29 is 18.4 Å². The maximum Gasteiger partial charge on any atom is 0.345 e. The van der Waals surface area contributed by atoms with Gasteiger partial charge in [0.05, 0.1) is 13.2 Å². The highest BCUT2D eigenvalue weighted by Crippen LogP contribution is 2.62. The highest BCUT2D eigenvalue weighted by Gasteiger charge is 2.43. The number of fused-ring (bicyclic) bond motifs is 1. The first-order valence-electron chi connectivity index (χ1n) is 9.06. The SMILES string of the molecule is CCOP(=O)(OCC)C(C(=O)c1ccccc1)c1cccc2ccccc12. The molecule has 3 aromatic carbocycles. The Morgan fingerprint density at radius 2 is 1.44 bits per heavy atom. The molecule has 0 aromatic heterocycles. The van der Waals surface area contributed by atoms with Crippen LogP contribution in [0.1, 0.15) is 35.4 Å². The molecule has 5 heteroatoms. The van der Waals surface area contributed by atoms with Crippen LogP contribution >= 0.6 is 7.60 Å². The van der Waals surface area contributed by atoms with E-state index >= 15 is 0 Å². The monoisotopic (exact) mass is 382 g/mol. The summed E-state index contributed by atoms with van der Waals surface area (Å²) < 4.78 is 24.9. The Morgan fingerprint density at radius 3 is 2.11 bits per heavy atom. The van der Waals surface area contributed by atoms with Gasteiger partial charge in [0.2, 0.25) is 0 Å². The zero-order valence-corrected chi connectivity index (χ0v) is 16.4. The number of hydrogen-bond acceptors (Lipinski definition) is 4. The molecule has 140 valence electrons. The van der Waals surface area contributed by atoms with Crippen LogP contribution in [-0.2, 0) is 13.6 Å². The van der Waals surface area contributed by atoms with Crippen LogP contribution in [0.2, 0.25) is 0 Å². The van der Waals surface area contributed by atoms with E-state index in [1.165, 1.54) is 0 Å². The molecule has 0 aliphatic rings. The van der Waals surface area contributed by atoms with E-state index in [2.05, 4.69) is 0 Å². The van der Waals surface area contributed by atoms with Crippen molar-refractivity contribution in [1.29, 1.82) is 0 Å². The zero-order valence-electron chi connectivity index (χ0n) is 15.5. The third-order valence-electron chi connectivity index (χ3n) is 4.36. The molecule has 0 fully saturated rings. The van der Waals surface area contributed by atoms with Crippen LogP contribution in [0.25, 0.3) is 10.8 Å². The molecule has 0 heterocycles. The standard InChI is InChI=1S/C22H23O4P/c1-3-25-27(24,26-4-2)22(21(23)18-12-6-5-7-13-18)20-16-10-14-17-11-8-9-15-19(17)20/h5-16,22H,3-4H2,1-2H3. The quantitative estimate of drug-likeness (QED) is 0.353. The van der Waals surface area contributed by atoms with Gasteiger partial charge in [-0.05, 0) is 30.2 Å². The van der Waals surface area contributed by atoms with Gasteiger partial charge in [-0.25, -0.2) is 0 Å². The van der Waals surface area contributed by atoms with Crippen LogP contribution in [0.3, 0.4) is 0 Å². The van der Waals surface area contributed by atoms with Crippen molar-refractivity contribution in [1.82, 2.24) is 0 Å². The largest absolute Gasteiger partial charge is 0.345 e. The van der Waals surface area contributed by atoms with Crippen LogP contribution in [0.5, 0.6) is 0 Å². The van der Waals surface area contributed by atoms with Gasteiger partial charge in [-0.3, -0.25) is 9.36 Å². The van der Waals surface area contributed by atoms with Crippen molar-refractivity contribution >= 4 is 24.2 Å².